The average Bonchev–Trinajstić information content (AvgIpc) is 3.26. The predicted octanol–water partition coefficient (Wildman–Crippen LogP) is 5.24. The summed E-state index contributed by atoms with van der Waals surface area (Å²) < 4.78 is 1.39. The minimum atomic E-state index is 0.352. The molecule has 0 bridgehead atoms. The molecule has 0 radical (unpaired) electrons. The molecule has 5 heteroatoms. The third-order valence-corrected chi connectivity index (χ3v) is 8.18. The molecular weight excluding hydrogens is 414 g/mol. The van der Waals surface area contributed by atoms with Gasteiger partial charge in [0, 0.05) is 54.4 Å². The molecule has 5 rings (SSSR count). The molecule has 1 amide bonds. The van der Waals surface area contributed by atoms with Gasteiger partial charge in [-0.15, -0.1) is 11.3 Å². The van der Waals surface area contributed by atoms with Crippen LogP contribution in [0.3, 0.4) is 0 Å². The number of para-hydroxylation sites is 1. The molecule has 0 saturated carbocycles. The van der Waals surface area contributed by atoms with Gasteiger partial charge < -0.3 is 9.80 Å². The van der Waals surface area contributed by atoms with Gasteiger partial charge >= 0.3 is 0 Å². The van der Waals surface area contributed by atoms with Crippen molar-refractivity contribution >= 4 is 33.0 Å². The Bertz CT molecular complexity index is 985. The maximum atomic E-state index is 12.8. The van der Waals surface area contributed by atoms with E-state index in [-0.39, 0.29) is 0 Å². The Morgan fingerprint density at radius 3 is 2.34 bits per heavy atom. The third-order valence-electron chi connectivity index (χ3n) is 7.08. The second kappa shape index (κ2) is 10.1. The highest BCUT2D eigenvalue weighted by Crippen LogP contribution is 2.29. The zero-order valence-corrected chi connectivity index (χ0v) is 19.6. The third kappa shape index (κ3) is 5.16. The first-order chi connectivity index (χ1) is 15.7. The Hall–Kier alpha value is -2.37. The van der Waals surface area contributed by atoms with Gasteiger partial charge in [0.05, 0.1) is 0 Å². The van der Waals surface area contributed by atoms with E-state index in [0.717, 1.165) is 52.2 Å². The summed E-state index contributed by atoms with van der Waals surface area (Å²) in [5.41, 5.74) is 1.27. The molecule has 3 heterocycles. The van der Waals surface area contributed by atoms with Crippen molar-refractivity contribution < 1.29 is 4.79 Å². The molecule has 2 aliphatic heterocycles. The predicted molar refractivity (Wildman–Crippen MR) is 134 cm³/mol. The fourth-order valence-corrected chi connectivity index (χ4v) is 6.21. The number of fused-ring (bicyclic) bond motifs is 1. The number of nitrogens with zero attached hydrogens (tertiary/aromatic N) is 3. The number of amides is 1. The van der Waals surface area contributed by atoms with E-state index in [1.807, 2.05) is 11.3 Å². The Kier molecular flexibility index (Phi) is 6.75. The highest BCUT2D eigenvalue weighted by molar-refractivity contribution is 7.19. The normalized spacial score (nSPS) is 18.4. The van der Waals surface area contributed by atoms with Gasteiger partial charge in [-0.1, -0.05) is 36.4 Å². The molecule has 2 saturated heterocycles. The number of anilines is 1. The molecule has 0 unspecified atom stereocenters. The van der Waals surface area contributed by atoms with E-state index in [2.05, 4.69) is 75.4 Å². The number of piperidine rings is 1. The molecule has 0 spiro atoms. The van der Waals surface area contributed by atoms with Crippen LogP contribution in [0.15, 0.2) is 60.7 Å². The number of piperazine rings is 1. The van der Waals surface area contributed by atoms with Crippen molar-refractivity contribution in [2.24, 2.45) is 5.92 Å². The quantitative estimate of drug-likeness (QED) is 0.517. The van der Waals surface area contributed by atoms with E-state index in [1.165, 1.54) is 33.5 Å². The highest BCUT2D eigenvalue weighted by Gasteiger charge is 2.24. The Labute approximate surface area is 195 Å². The molecule has 2 aliphatic rings. The zero-order chi connectivity index (χ0) is 21.8. The first-order valence-corrected chi connectivity index (χ1v) is 12.8. The van der Waals surface area contributed by atoms with Crippen molar-refractivity contribution in [1.82, 2.24) is 9.80 Å². The van der Waals surface area contributed by atoms with Crippen LogP contribution in [0.25, 0.3) is 10.1 Å². The summed E-state index contributed by atoms with van der Waals surface area (Å²) in [5.74, 6) is 1.05. The van der Waals surface area contributed by atoms with Gasteiger partial charge in [0.15, 0.2) is 0 Å². The Morgan fingerprint density at radius 1 is 0.875 bits per heavy atom. The highest BCUT2D eigenvalue weighted by atomic mass is 32.1. The van der Waals surface area contributed by atoms with Crippen molar-refractivity contribution in [3.63, 3.8) is 0 Å². The van der Waals surface area contributed by atoms with Crippen molar-refractivity contribution in [3.05, 3.63) is 65.5 Å². The summed E-state index contributed by atoms with van der Waals surface area (Å²) in [7, 11) is 0. The number of rotatable bonds is 6. The minimum absolute atomic E-state index is 0.352. The standard InChI is InChI=1S/C27H33N3OS/c31-27(30-18-16-29(17-19-30)24-7-2-1-3-8-24)11-10-22-12-14-28(15-13-22)21-25-20-23-6-4-5-9-26(23)32-25/h1-9,20,22H,10-19,21H2. The minimum Gasteiger partial charge on any atom is -0.368 e. The Morgan fingerprint density at radius 2 is 1.59 bits per heavy atom. The summed E-state index contributed by atoms with van der Waals surface area (Å²) in [5, 5.41) is 1.37. The van der Waals surface area contributed by atoms with Gasteiger partial charge in [-0.3, -0.25) is 9.69 Å². The summed E-state index contributed by atoms with van der Waals surface area (Å²) in [6, 6.07) is 21.6. The number of thiophene rings is 1. The van der Waals surface area contributed by atoms with Crippen LogP contribution >= 0.6 is 11.3 Å². The molecule has 2 aromatic carbocycles. The maximum absolute atomic E-state index is 12.8. The first kappa shape index (κ1) is 21.5. The number of benzene rings is 2. The molecule has 0 aliphatic carbocycles. The average molecular weight is 448 g/mol. The number of likely N-dealkylation sites (tertiary alicyclic amines) is 1. The van der Waals surface area contributed by atoms with E-state index in [4.69, 9.17) is 0 Å². The van der Waals surface area contributed by atoms with Crippen LogP contribution in [0.2, 0.25) is 0 Å². The van der Waals surface area contributed by atoms with Gasteiger partial charge in [-0.25, -0.2) is 0 Å². The molecule has 3 aromatic rings. The van der Waals surface area contributed by atoms with Gasteiger partial charge in [-0.05, 0) is 67.9 Å². The summed E-state index contributed by atoms with van der Waals surface area (Å²) in [6.07, 6.45) is 4.21. The molecule has 0 N–H and O–H groups in total. The lowest BCUT2D eigenvalue weighted by Gasteiger charge is -2.36. The summed E-state index contributed by atoms with van der Waals surface area (Å²) in [4.78, 5) is 21.3. The van der Waals surface area contributed by atoms with Crippen LogP contribution in [0.4, 0.5) is 5.69 Å². The Balaban J connectivity index is 1.02. The van der Waals surface area contributed by atoms with Crippen molar-refractivity contribution in [2.75, 3.05) is 44.2 Å². The first-order valence-electron chi connectivity index (χ1n) is 12.0. The van der Waals surface area contributed by atoms with Gasteiger partial charge in [0.1, 0.15) is 0 Å². The van der Waals surface area contributed by atoms with Crippen LogP contribution in [0.1, 0.15) is 30.6 Å². The van der Waals surface area contributed by atoms with E-state index >= 15 is 0 Å². The largest absolute Gasteiger partial charge is 0.368 e. The van der Waals surface area contributed by atoms with E-state index in [9.17, 15) is 4.79 Å². The zero-order valence-electron chi connectivity index (χ0n) is 18.8. The number of carbonyl (C=O) groups excluding carboxylic acids is 1. The lowest BCUT2D eigenvalue weighted by Crippen LogP contribution is -2.48. The molecule has 0 atom stereocenters. The number of hydrogen-bond donors (Lipinski definition) is 0. The fourth-order valence-electron chi connectivity index (χ4n) is 5.11. The SMILES string of the molecule is O=C(CCC1CCN(Cc2cc3ccccc3s2)CC1)N1CCN(c2ccccc2)CC1. The van der Waals surface area contributed by atoms with Gasteiger partial charge in [0.25, 0.3) is 0 Å². The topological polar surface area (TPSA) is 26.8 Å². The second-order valence-corrected chi connectivity index (χ2v) is 10.4. The lowest BCUT2D eigenvalue weighted by molar-refractivity contribution is -0.131. The van der Waals surface area contributed by atoms with Crippen LogP contribution < -0.4 is 4.90 Å². The van der Waals surface area contributed by atoms with Crippen LogP contribution in [0.5, 0.6) is 0 Å². The molecule has 168 valence electrons. The van der Waals surface area contributed by atoms with Gasteiger partial charge in [0.2, 0.25) is 5.91 Å². The van der Waals surface area contributed by atoms with Crippen LogP contribution in [0, 0.1) is 5.92 Å². The molecule has 4 nitrogen and oxygen atoms in total. The smallest absolute Gasteiger partial charge is 0.222 e. The number of hydrogen-bond acceptors (Lipinski definition) is 4. The molecule has 1 aromatic heterocycles. The van der Waals surface area contributed by atoms with Gasteiger partial charge in [-0.2, -0.15) is 0 Å². The van der Waals surface area contributed by atoms with E-state index in [1.54, 1.807) is 0 Å². The second-order valence-electron chi connectivity index (χ2n) is 9.21. The van der Waals surface area contributed by atoms with Crippen LogP contribution in [-0.4, -0.2) is 55.0 Å². The molecular formula is C27H33N3OS. The number of carbonyl (C=O) groups is 1. The van der Waals surface area contributed by atoms with E-state index in [0.29, 0.717) is 18.2 Å². The van der Waals surface area contributed by atoms with E-state index < -0.39 is 0 Å². The fraction of sp³-hybridized carbons (Fsp3) is 0.444. The summed E-state index contributed by atoms with van der Waals surface area (Å²) >= 11 is 1.93. The summed E-state index contributed by atoms with van der Waals surface area (Å²) in [6.45, 7) is 6.95. The lowest BCUT2D eigenvalue weighted by atomic mass is 9.92. The molecule has 2 fully saturated rings. The van der Waals surface area contributed by atoms with Crippen molar-refractivity contribution in [1.29, 1.82) is 0 Å². The van der Waals surface area contributed by atoms with Crippen molar-refractivity contribution in [2.45, 2.75) is 32.2 Å². The monoisotopic (exact) mass is 447 g/mol. The molecule has 32 heavy (non-hydrogen) atoms. The van der Waals surface area contributed by atoms with Crippen LogP contribution in [-0.2, 0) is 11.3 Å². The maximum Gasteiger partial charge on any atom is 0.222 e. The van der Waals surface area contributed by atoms with Crippen molar-refractivity contribution in [3.8, 4) is 0 Å².